The summed E-state index contributed by atoms with van der Waals surface area (Å²) in [6, 6.07) is 9.59. The van der Waals surface area contributed by atoms with Gasteiger partial charge in [-0.05, 0) is 19.1 Å². The van der Waals surface area contributed by atoms with E-state index in [4.69, 9.17) is 0 Å². The molecule has 0 atom stereocenters. The van der Waals surface area contributed by atoms with E-state index in [1.54, 1.807) is 0 Å². The third kappa shape index (κ3) is 2.34. The second kappa shape index (κ2) is 5.56. The molecule has 0 unspecified atom stereocenters. The average molecular weight is 391 g/mol. The van der Waals surface area contributed by atoms with E-state index in [0.717, 1.165) is 18.6 Å². The van der Waals surface area contributed by atoms with Gasteiger partial charge in [0.15, 0.2) is 0 Å². The Balaban J connectivity index is 0.00000128. The first-order chi connectivity index (χ1) is 7.24. The Bertz CT molecular complexity index is 444. The normalized spacial score (nSPS) is 15.6. The fourth-order valence-electron chi connectivity index (χ4n) is 2.17. The van der Waals surface area contributed by atoms with Crippen molar-refractivity contribution in [3.05, 3.63) is 41.0 Å². The van der Waals surface area contributed by atoms with Gasteiger partial charge in [-0.2, -0.15) is 0 Å². The molecule has 0 saturated heterocycles. The van der Waals surface area contributed by atoms with Crippen molar-refractivity contribution in [3.8, 4) is 0 Å². The van der Waals surface area contributed by atoms with Gasteiger partial charge in [-0.25, -0.2) is 0 Å². The molecule has 0 spiro atoms. The van der Waals surface area contributed by atoms with Gasteiger partial charge in [0.2, 0.25) is 0 Å². The molecule has 2 rings (SSSR count). The minimum atomic E-state index is 0. The number of aryl methyl sites for hydroxylation is 1. The zero-order valence-corrected chi connectivity index (χ0v) is 12.3. The number of benzene rings is 1. The van der Waals surface area contributed by atoms with Crippen LogP contribution in [-0.4, -0.2) is 12.8 Å². The van der Waals surface area contributed by atoms with Gasteiger partial charge in [-0.1, -0.05) is 18.9 Å². The summed E-state index contributed by atoms with van der Waals surface area (Å²) in [4.78, 5) is 4.30. The molecule has 0 N–H and O–H groups in total. The molecule has 0 heterocycles. The zero-order chi connectivity index (χ0) is 10.8. The molecule has 1 aliphatic carbocycles. The molecule has 1 aromatic carbocycles. The van der Waals surface area contributed by atoms with Gasteiger partial charge in [-0.3, -0.25) is 0 Å². The van der Waals surface area contributed by atoms with E-state index < -0.39 is 0 Å². The fourth-order valence-corrected chi connectivity index (χ4v) is 2.17. The van der Waals surface area contributed by atoms with E-state index in [-0.39, 0.29) is 20.1 Å². The van der Waals surface area contributed by atoms with Gasteiger partial charge in [0.25, 0.3) is 0 Å². The number of aliphatic imine (C=N–C) groups is 1. The molecule has 0 bridgehead atoms. The summed E-state index contributed by atoms with van der Waals surface area (Å²) in [6.07, 6.45) is 2.28. The van der Waals surface area contributed by atoms with Crippen molar-refractivity contribution >= 4 is 11.3 Å². The summed E-state index contributed by atoms with van der Waals surface area (Å²) in [5.41, 5.74) is 6.52. The van der Waals surface area contributed by atoms with Crippen LogP contribution < -0.4 is 0 Å². The molecule has 1 aromatic rings. The molecule has 1 nitrogen and oxygen atoms in total. The number of rotatable bonds is 1. The van der Waals surface area contributed by atoms with Crippen molar-refractivity contribution in [3.63, 3.8) is 0 Å². The van der Waals surface area contributed by atoms with Gasteiger partial charge >= 0.3 is 0 Å². The molecule has 16 heavy (non-hydrogen) atoms. The smallest absolute Gasteiger partial charge is 0.0270 e. The molecule has 0 saturated carbocycles. The molecule has 87 valence electrons. The van der Waals surface area contributed by atoms with Gasteiger partial charge < -0.3 is 4.99 Å². The van der Waals surface area contributed by atoms with Crippen LogP contribution in [-0.2, 0) is 26.5 Å². The van der Waals surface area contributed by atoms with Crippen LogP contribution in [0, 0.1) is 6.07 Å². The van der Waals surface area contributed by atoms with E-state index >= 15 is 0 Å². The van der Waals surface area contributed by atoms with Crippen LogP contribution in [0.5, 0.6) is 0 Å². The van der Waals surface area contributed by atoms with Gasteiger partial charge in [0.05, 0.1) is 0 Å². The summed E-state index contributed by atoms with van der Waals surface area (Å²) in [6.45, 7) is 4.28. The van der Waals surface area contributed by atoms with Crippen LogP contribution in [0.4, 0.5) is 0 Å². The second-order valence-electron chi connectivity index (χ2n) is 4.03. The monoisotopic (exact) mass is 391 g/mol. The molecule has 1 radical (unpaired) electrons. The van der Waals surface area contributed by atoms with Crippen molar-refractivity contribution in [2.45, 2.75) is 26.7 Å². The van der Waals surface area contributed by atoms with E-state index in [9.17, 15) is 0 Å². The first-order valence-electron chi connectivity index (χ1n) is 5.37. The Morgan fingerprint density at radius 3 is 2.81 bits per heavy atom. The Labute approximate surface area is 111 Å². The molecular weight excluding hydrogens is 374 g/mol. The zero-order valence-electron chi connectivity index (χ0n) is 9.93. The largest absolute Gasteiger partial charge is 0.303 e. The second-order valence-corrected chi connectivity index (χ2v) is 4.03. The number of nitrogens with zero attached hydrogens (tertiary/aromatic N) is 1. The molecular formula is C14H16IrN-. The topological polar surface area (TPSA) is 12.4 Å². The van der Waals surface area contributed by atoms with Crippen molar-refractivity contribution in [2.24, 2.45) is 4.99 Å². The maximum Gasteiger partial charge on any atom is 0.0270 e. The third-order valence-electron chi connectivity index (χ3n) is 3.09. The van der Waals surface area contributed by atoms with Gasteiger partial charge in [0.1, 0.15) is 0 Å². The molecule has 0 aliphatic heterocycles. The first-order valence-corrected chi connectivity index (χ1v) is 5.37. The van der Waals surface area contributed by atoms with Gasteiger partial charge in [-0.15, -0.1) is 41.0 Å². The fraction of sp³-hybridized carbons (Fsp3) is 0.357. The Hall–Kier alpha value is -0.721. The van der Waals surface area contributed by atoms with Crippen molar-refractivity contribution in [2.75, 3.05) is 7.05 Å². The van der Waals surface area contributed by atoms with E-state index in [1.807, 2.05) is 13.1 Å². The van der Waals surface area contributed by atoms with Crippen LogP contribution in [0.25, 0.3) is 5.57 Å². The van der Waals surface area contributed by atoms with Crippen LogP contribution in [0.1, 0.15) is 31.4 Å². The SMILES string of the molecule is CN=C(C)C1=C(C)CCc2ccc[c-]c21.[Ir]. The van der Waals surface area contributed by atoms with Crippen molar-refractivity contribution in [1.29, 1.82) is 0 Å². The molecule has 0 fully saturated rings. The first kappa shape index (κ1) is 13.3. The van der Waals surface area contributed by atoms with Crippen molar-refractivity contribution in [1.82, 2.24) is 0 Å². The summed E-state index contributed by atoms with van der Waals surface area (Å²) in [5, 5.41) is 0. The van der Waals surface area contributed by atoms with E-state index in [2.05, 4.69) is 37.0 Å². The maximum atomic E-state index is 4.30. The molecule has 2 heteroatoms. The minimum absolute atomic E-state index is 0. The van der Waals surface area contributed by atoms with Gasteiger partial charge in [0, 0.05) is 27.2 Å². The number of fused-ring (bicyclic) bond motifs is 1. The Kier molecular flexibility index (Phi) is 4.64. The number of hydrogen-bond acceptors (Lipinski definition) is 1. The molecule has 1 aliphatic rings. The summed E-state index contributed by atoms with van der Waals surface area (Å²) < 4.78 is 0. The standard InChI is InChI=1S/C14H16N.Ir/c1-10-8-9-12-6-4-5-7-13(12)14(10)11(2)15-3;/h4-6H,8-9H2,1-3H3;/q-1;. The van der Waals surface area contributed by atoms with Crippen LogP contribution >= 0.6 is 0 Å². The Morgan fingerprint density at radius 2 is 2.12 bits per heavy atom. The van der Waals surface area contributed by atoms with E-state index in [0.29, 0.717) is 0 Å². The maximum absolute atomic E-state index is 4.30. The van der Waals surface area contributed by atoms with Crippen LogP contribution in [0.2, 0.25) is 0 Å². The number of hydrogen-bond donors (Lipinski definition) is 0. The summed E-state index contributed by atoms with van der Waals surface area (Å²) in [7, 11) is 1.85. The van der Waals surface area contributed by atoms with E-state index in [1.165, 1.54) is 22.3 Å². The average Bonchev–Trinajstić information content (AvgIpc) is 2.28. The molecule has 0 aromatic heterocycles. The van der Waals surface area contributed by atoms with Crippen LogP contribution in [0.3, 0.4) is 0 Å². The quantitative estimate of drug-likeness (QED) is 0.515. The third-order valence-corrected chi connectivity index (χ3v) is 3.09. The summed E-state index contributed by atoms with van der Waals surface area (Å²) >= 11 is 0. The molecule has 0 amide bonds. The predicted molar refractivity (Wildman–Crippen MR) is 65.2 cm³/mol. The minimum Gasteiger partial charge on any atom is -0.303 e. The van der Waals surface area contributed by atoms with Crippen molar-refractivity contribution < 1.29 is 20.1 Å². The predicted octanol–water partition coefficient (Wildman–Crippen LogP) is 3.29. The van der Waals surface area contributed by atoms with Crippen LogP contribution in [0.15, 0.2) is 28.8 Å². The number of allylic oxidation sites excluding steroid dienone is 2. The summed E-state index contributed by atoms with van der Waals surface area (Å²) in [5.74, 6) is 0. The Morgan fingerprint density at radius 1 is 1.38 bits per heavy atom.